The van der Waals surface area contributed by atoms with Crippen LogP contribution in [0.3, 0.4) is 0 Å². The van der Waals surface area contributed by atoms with Gasteiger partial charge in [-0.05, 0) is 44.2 Å². The zero-order chi connectivity index (χ0) is 20.6. The number of fused-ring (bicyclic) bond motifs is 1. The molecule has 3 fully saturated rings. The first-order valence-electron chi connectivity index (χ1n) is 9.60. The number of hydrogen-bond donors (Lipinski definition) is 2. The summed E-state index contributed by atoms with van der Waals surface area (Å²) in [5, 5.41) is 5.54. The van der Waals surface area contributed by atoms with Crippen LogP contribution >= 0.6 is 0 Å². The van der Waals surface area contributed by atoms with E-state index in [1.54, 1.807) is 0 Å². The van der Waals surface area contributed by atoms with Crippen LogP contribution in [0.5, 0.6) is 5.75 Å². The maximum atomic E-state index is 14.2. The Labute approximate surface area is 164 Å². The van der Waals surface area contributed by atoms with Crippen LogP contribution in [0.15, 0.2) is 18.2 Å². The van der Waals surface area contributed by atoms with Gasteiger partial charge in [0.25, 0.3) is 0 Å². The number of benzene rings is 1. The molecule has 2 N–H and O–H groups in total. The summed E-state index contributed by atoms with van der Waals surface area (Å²) in [6.07, 6.45) is -0.891. The van der Waals surface area contributed by atoms with Gasteiger partial charge in [-0.15, -0.1) is 13.2 Å². The first-order chi connectivity index (χ1) is 13.8. The maximum Gasteiger partial charge on any atom is 0.573 e. The molecule has 1 aromatic rings. The number of anilines is 1. The van der Waals surface area contributed by atoms with Crippen molar-refractivity contribution in [2.75, 3.05) is 18.5 Å². The average Bonchev–Trinajstić information content (AvgIpc) is 3.23. The molecule has 29 heavy (non-hydrogen) atoms. The summed E-state index contributed by atoms with van der Waals surface area (Å²) in [5.41, 5.74) is -0.511. The third-order valence-corrected chi connectivity index (χ3v) is 5.66. The molecule has 2 heterocycles. The number of hydrogen-bond acceptors (Lipinski definition) is 5. The summed E-state index contributed by atoms with van der Waals surface area (Å²) in [5.74, 6) is -2.77. The molecule has 2 aliphatic heterocycles. The second kappa shape index (κ2) is 7.73. The van der Waals surface area contributed by atoms with Crippen LogP contribution < -0.4 is 15.4 Å². The van der Waals surface area contributed by atoms with Gasteiger partial charge in [0.2, 0.25) is 5.91 Å². The molecule has 6 nitrogen and oxygen atoms in total. The predicted octanol–water partition coefficient (Wildman–Crippen LogP) is 3.33. The number of carbonyl (C=O) groups excluding carboxylic acids is 1. The highest BCUT2D eigenvalue weighted by Gasteiger charge is 2.61. The standard InChI is InChI=1S/C19H22F4N2O4/c20-16-11(4-3-5-13(16)29-19(21,22)23)25-17(26)12-8-18(9-14(18)24-12)10-28-15-6-1-2-7-27-15/h3-5,12,14-15,24H,1-2,6-10H2,(H,25,26)/t12-,14+,15?,18-/m0/s1. The number of amides is 1. The highest BCUT2D eigenvalue weighted by Crippen LogP contribution is 2.55. The fourth-order valence-electron chi connectivity index (χ4n) is 4.04. The van der Waals surface area contributed by atoms with Crippen LogP contribution in [-0.2, 0) is 14.3 Å². The highest BCUT2D eigenvalue weighted by molar-refractivity contribution is 5.95. The number of ether oxygens (including phenoxy) is 3. The summed E-state index contributed by atoms with van der Waals surface area (Å²) >= 11 is 0. The third-order valence-electron chi connectivity index (χ3n) is 5.66. The Bertz CT molecular complexity index is 769. The van der Waals surface area contributed by atoms with Gasteiger partial charge in [-0.25, -0.2) is 4.39 Å². The molecule has 1 amide bonds. The predicted molar refractivity (Wildman–Crippen MR) is 93.6 cm³/mol. The molecule has 2 saturated heterocycles. The van der Waals surface area contributed by atoms with E-state index in [9.17, 15) is 22.4 Å². The molecular weight excluding hydrogens is 396 g/mol. The van der Waals surface area contributed by atoms with Crippen LogP contribution in [0.2, 0.25) is 0 Å². The van der Waals surface area contributed by atoms with Crippen molar-refractivity contribution in [3.8, 4) is 5.75 Å². The normalized spacial score (nSPS) is 31.2. The van der Waals surface area contributed by atoms with Crippen molar-refractivity contribution < 1.29 is 36.6 Å². The lowest BCUT2D eigenvalue weighted by molar-refractivity contribution is -0.275. The van der Waals surface area contributed by atoms with Gasteiger partial charge in [0, 0.05) is 18.1 Å². The molecule has 0 spiro atoms. The number of rotatable bonds is 6. The average molecular weight is 418 g/mol. The number of alkyl halides is 3. The minimum atomic E-state index is -5.02. The second-order valence-corrected chi connectivity index (χ2v) is 7.80. The lowest BCUT2D eigenvalue weighted by Gasteiger charge is -2.25. The molecule has 1 saturated carbocycles. The van der Waals surface area contributed by atoms with Gasteiger partial charge in [0.1, 0.15) is 0 Å². The van der Waals surface area contributed by atoms with Gasteiger partial charge in [0.05, 0.1) is 18.3 Å². The van der Waals surface area contributed by atoms with Crippen molar-refractivity contribution in [1.82, 2.24) is 5.32 Å². The van der Waals surface area contributed by atoms with E-state index in [0.717, 1.165) is 31.7 Å². The highest BCUT2D eigenvalue weighted by atomic mass is 19.4. The largest absolute Gasteiger partial charge is 0.573 e. The summed E-state index contributed by atoms with van der Waals surface area (Å²) in [6, 6.07) is 2.77. The van der Waals surface area contributed by atoms with E-state index in [0.29, 0.717) is 19.6 Å². The molecule has 1 aromatic carbocycles. The molecule has 0 radical (unpaired) electrons. The molecule has 4 rings (SSSR count). The minimum Gasteiger partial charge on any atom is -0.403 e. The molecular formula is C19H22F4N2O4. The number of piperidine rings is 1. The van der Waals surface area contributed by atoms with E-state index in [1.807, 2.05) is 0 Å². The Morgan fingerprint density at radius 1 is 1.31 bits per heavy atom. The first-order valence-corrected chi connectivity index (χ1v) is 9.60. The molecule has 3 aliphatic rings. The van der Waals surface area contributed by atoms with E-state index in [1.165, 1.54) is 12.1 Å². The summed E-state index contributed by atoms with van der Waals surface area (Å²) < 4.78 is 66.4. The first kappa shape index (κ1) is 20.4. The maximum absolute atomic E-state index is 14.2. The van der Waals surface area contributed by atoms with Crippen LogP contribution in [-0.4, -0.2) is 43.9 Å². The van der Waals surface area contributed by atoms with E-state index in [-0.39, 0.29) is 23.4 Å². The fraction of sp³-hybridized carbons (Fsp3) is 0.632. The summed E-state index contributed by atoms with van der Waals surface area (Å²) in [7, 11) is 0. The zero-order valence-electron chi connectivity index (χ0n) is 15.6. The lowest BCUT2D eigenvalue weighted by Crippen LogP contribution is -2.38. The molecule has 1 unspecified atom stereocenters. The summed E-state index contributed by atoms with van der Waals surface area (Å²) in [6.45, 7) is 1.16. The number of nitrogens with one attached hydrogen (secondary N) is 2. The SMILES string of the molecule is O=C(Nc1cccc(OC(F)(F)F)c1F)[C@@H]1C[C@@]2(COC3CCCCO3)C[C@H]2N1. The molecule has 4 atom stereocenters. The number of halogens is 4. The Morgan fingerprint density at radius 2 is 2.14 bits per heavy atom. The van der Waals surface area contributed by atoms with Crippen molar-refractivity contribution >= 4 is 11.6 Å². The van der Waals surface area contributed by atoms with Crippen molar-refractivity contribution in [3.63, 3.8) is 0 Å². The number of carbonyl (C=O) groups is 1. The molecule has 1 aliphatic carbocycles. The van der Waals surface area contributed by atoms with Crippen molar-refractivity contribution in [3.05, 3.63) is 24.0 Å². The van der Waals surface area contributed by atoms with Crippen LogP contribution in [0.25, 0.3) is 0 Å². The van der Waals surface area contributed by atoms with E-state index >= 15 is 0 Å². The summed E-state index contributed by atoms with van der Waals surface area (Å²) in [4.78, 5) is 12.5. The van der Waals surface area contributed by atoms with Gasteiger partial charge < -0.3 is 24.8 Å². The third kappa shape index (κ3) is 4.65. The monoisotopic (exact) mass is 418 g/mol. The molecule has 0 aromatic heterocycles. The quantitative estimate of drug-likeness (QED) is 0.694. The van der Waals surface area contributed by atoms with Gasteiger partial charge in [0.15, 0.2) is 17.9 Å². The second-order valence-electron chi connectivity index (χ2n) is 7.80. The minimum absolute atomic E-state index is 0.131. The Hall–Kier alpha value is -1.91. The molecule has 10 heteroatoms. The smallest absolute Gasteiger partial charge is 0.403 e. The van der Waals surface area contributed by atoms with Crippen molar-refractivity contribution in [2.24, 2.45) is 5.41 Å². The van der Waals surface area contributed by atoms with Crippen LogP contribution in [0.1, 0.15) is 32.1 Å². The van der Waals surface area contributed by atoms with Crippen molar-refractivity contribution in [1.29, 1.82) is 0 Å². The van der Waals surface area contributed by atoms with Gasteiger partial charge >= 0.3 is 6.36 Å². The molecule has 160 valence electrons. The molecule has 0 bridgehead atoms. The van der Waals surface area contributed by atoms with Crippen LogP contribution in [0.4, 0.5) is 23.2 Å². The van der Waals surface area contributed by atoms with Gasteiger partial charge in [-0.1, -0.05) is 6.07 Å². The van der Waals surface area contributed by atoms with Crippen molar-refractivity contribution in [2.45, 2.75) is 56.8 Å². The Balaban J connectivity index is 1.33. The lowest BCUT2D eigenvalue weighted by atomic mass is 10.00. The Kier molecular flexibility index (Phi) is 5.43. The van der Waals surface area contributed by atoms with Crippen LogP contribution in [0, 0.1) is 11.2 Å². The zero-order valence-corrected chi connectivity index (χ0v) is 15.6. The van der Waals surface area contributed by atoms with Gasteiger partial charge in [-0.2, -0.15) is 0 Å². The van der Waals surface area contributed by atoms with Gasteiger partial charge in [-0.3, -0.25) is 4.79 Å². The van der Waals surface area contributed by atoms with E-state index in [2.05, 4.69) is 15.4 Å². The van der Waals surface area contributed by atoms with E-state index < -0.39 is 29.9 Å². The fourth-order valence-corrected chi connectivity index (χ4v) is 4.04. The Morgan fingerprint density at radius 3 is 2.86 bits per heavy atom. The van der Waals surface area contributed by atoms with E-state index in [4.69, 9.17) is 9.47 Å². The topological polar surface area (TPSA) is 68.8 Å².